The monoisotopic (exact) mass is 384 g/mol. The molecule has 6 heteroatoms. The summed E-state index contributed by atoms with van der Waals surface area (Å²) in [6.07, 6.45) is 1.11. The van der Waals surface area contributed by atoms with Crippen LogP contribution in [0.1, 0.15) is 39.8 Å². The number of aryl methyl sites for hydroxylation is 1. The Morgan fingerprint density at radius 2 is 1.76 bits per heavy atom. The smallest absolute Gasteiger partial charge is 0.185 e. The molecule has 0 unspecified atom stereocenters. The molecule has 0 N–H and O–H groups in total. The van der Waals surface area contributed by atoms with Crippen LogP contribution in [0.4, 0.5) is 0 Å². The molecule has 0 saturated carbocycles. The first kappa shape index (κ1) is 17.6. The molecule has 0 amide bonds. The lowest BCUT2D eigenvalue weighted by Crippen LogP contribution is -2.24. The predicted molar refractivity (Wildman–Crippen MR) is 109 cm³/mol. The Hall–Kier alpha value is -3.54. The molecule has 5 rings (SSSR count). The van der Waals surface area contributed by atoms with Crippen molar-refractivity contribution >= 4 is 11.4 Å². The summed E-state index contributed by atoms with van der Waals surface area (Å²) < 4.78 is 7.06. The van der Waals surface area contributed by atoms with Gasteiger partial charge in [-0.2, -0.15) is 5.10 Å². The highest BCUT2D eigenvalue weighted by molar-refractivity contribution is 5.97. The number of methoxy groups -OCH3 is 1. The molecular weight excluding hydrogens is 364 g/mol. The average Bonchev–Trinajstić information content (AvgIpc) is 3.10. The third-order valence-corrected chi connectivity index (χ3v) is 5.60. The van der Waals surface area contributed by atoms with Crippen molar-refractivity contribution in [1.82, 2.24) is 19.8 Å². The van der Waals surface area contributed by atoms with E-state index in [0.29, 0.717) is 24.2 Å². The summed E-state index contributed by atoms with van der Waals surface area (Å²) >= 11 is 0. The van der Waals surface area contributed by atoms with Crippen LogP contribution in [0.15, 0.2) is 54.6 Å². The zero-order chi connectivity index (χ0) is 20.0. The predicted octanol–water partition coefficient (Wildman–Crippen LogP) is 4.02. The lowest BCUT2D eigenvalue weighted by atomic mass is 9.83. The molecule has 144 valence electrons. The van der Waals surface area contributed by atoms with Crippen molar-refractivity contribution in [3.05, 3.63) is 77.2 Å². The van der Waals surface area contributed by atoms with Gasteiger partial charge in [0, 0.05) is 6.42 Å². The molecule has 1 aliphatic carbocycles. The zero-order valence-corrected chi connectivity index (χ0v) is 16.3. The standard InChI is InChI=1S/C23H20N4O2/c1-14-21(16-6-4-3-5-7-16)23-25-24-22-19(27(23)26-14)12-17(13-20(22)28)15-8-10-18(29-2)11-9-15/h3-11,17H,12-13H2,1-2H3/t17-/m0/s1. The highest BCUT2D eigenvalue weighted by Crippen LogP contribution is 2.34. The largest absolute Gasteiger partial charge is 0.497 e. The molecule has 2 heterocycles. The van der Waals surface area contributed by atoms with Crippen molar-refractivity contribution in [3.8, 4) is 16.9 Å². The van der Waals surface area contributed by atoms with Crippen LogP contribution in [0.25, 0.3) is 16.8 Å². The lowest BCUT2D eigenvalue weighted by molar-refractivity contribution is 0.0955. The van der Waals surface area contributed by atoms with Gasteiger partial charge in [-0.3, -0.25) is 4.79 Å². The zero-order valence-electron chi connectivity index (χ0n) is 16.3. The van der Waals surface area contributed by atoms with Gasteiger partial charge in [0.25, 0.3) is 0 Å². The molecule has 0 aliphatic heterocycles. The number of carbonyl (C=O) groups excluding carboxylic acids is 1. The quantitative estimate of drug-likeness (QED) is 0.534. The number of benzene rings is 2. The molecule has 1 atom stereocenters. The highest BCUT2D eigenvalue weighted by atomic mass is 16.5. The normalized spacial score (nSPS) is 16.1. The molecule has 29 heavy (non-hydrogen) atoms. The number of hydrogen-bond acceptors (Lipinski definition) is 5. The molecule has 2 aromatic heterocycles. The van der Waals surface area contributed by atoms with Gasteiger partial charge in [0.05, 0.1) is 24.1 Å². The van der Waals surface area contributed by atoms with Crippen LogP contribution in [-0.4, -0.2) is 32.7 Å². The second-order valence-electron chi connectivity index (χ2n) is 7.36. The molecule has 2 aromatic carbocycles. The number of Topliss-reactive ketones (excluding diaryl/α,β-unsaturated/α-hetero) is 1. The summed E-state index contributed by atoms with van der Waals surface area (Å²) in [6.45, 7) is 1.97. The third-order valence-electron chi connectivity index (χ3n) is 5.60. The molecular formula is C23H20N4O2. The van der Waals surface area contributed by atoms with Gasteiger partial charge in [-0.15, -0.1) is 10.2 Å². The van der Waals surface area contributed by atoms with E-state index in [9.17, 15) is 4.79 Å². The summed E-state index contributed by atoms with van der Waals surface area (Å²) in [5.74, 6) is 0.897. The van der Waals surface area contributed by atoms with Crippen molar-refractivity contribution in [2.75, 3.05) is 7.11 Å². The summed E-state index contributed by atoms with van der Waals surface area (Å²) in [5.41, 5.74) is 5.94. The Bertz CT molecular complexity index is 1210. The maximum atomic E-state index is 12.8. The van der Waals surface area contributed by atoms with E-state index in [4.69, 9.17) is 9.84 Å². The second-order valence-corrected chi connectivity index (χ2v) is 7.36. The van der Waals surface area contributed by atoms with Gasteiger partial charge >= 0.3 is 0 Å². The SMILES string of the molecule is COc1ccc([C@@H]2CC(=O)c3nnc4c(-c5ccccc5)c(C)nn4c3C2)cc1. The Labute approximate surface area is 168 Å². The van der Waals surface area contributed by atoms with Crippen LogP contribution in [0.3, 0.4) is 0 Å². The molecule has 0 bridgehead atoms. The van der Waals surface area contributed by atoms with Crippen molar-refractivity contribution < 1.29 is 9.53 Å². The molecule has 4 aromatic rings. The first-order valence-corrected chi connectivity index (χ1v) is 9.63. The highest BCUT2D eigenvalue weighted by Gasteiger charge is 2.31. The van der Waals surface area contributed by atoms with E-state index in [1.165, 1.54) is 0 Å². The number of hydrogen-bond donors (Lipinski definition) is 0. The van der Waals surface area contributed by atoms with Gasteiger partial charge in [-0.1, -0.05) is 42.5 Å². The van der Waals surface area contributed by atoms with Crippen molar-refractivity contribution in [3.63, 3.8) is 0 Å². The fraction of sp³-hybridized carbons (Fsp3) is 0.217. The van der Waals surface area contributed by atoms with Crippen LogP contribution in [0, 0.1) is 6.92 Å². The van der Waals surface area contributed by atoms with Gasteiger partial charge in [0.2, 0.25) is 0 Å². The fourth-order valence-corrected chi connectivity index (χ4v) is 4.13. The Kier molecular flexibility index (Phi) is 4.12. The Morgan fingerprint density at radius 1 is 1.00 bits per heavy atom. The maximum absolute atomic E-state index is 12.8. The fourth-order valence-electron chi connectivity index (χ4n) is 4.13. The first-order valence-electron chi connectivity index (χ1n) is 9.63. The number of ether oxygens (including phenoxy) is 1. The van der Waals surface area contributed by atoms with Gasteiger partial charge in [-0.05, 0) is 42.5 Å². The number of nitrogens with zero attached hydrogens (tertiary/aromatic N) is 4. The van der Waals surface area contributed by atoms with Crippen LogP contribution >= 0.6 is 0 Å². The van der Waals surface area contributed by atoms with Crippen LogP contribution in [-0.2, 0) is 6.42 Å². The van der Waals surface area contributed by atoms with E-state index < -0.39 is 0 Å². The lowest BCUT2D eigenvalue weighted by Gasteiger charge is -2.23. The van der Waals surface area contributed by atoms with Crippen molar-refractivity contribution in [1.29, 1.82) is 0 Å². The molecule has 0 spiro atoms. The van der Waals surface area contributed by atoms with Crippen LogP contribution in [0.5, 0.6) is 5.75 Å². The summed E-state index contributed by atoms with van der Waals surface area (Å²) in [7, 11) is 1.65. The minimum Gasteiger partial charge on any atom is -0.497 e. The van der Waals surface area contributed by atoms with E-state index in [1.807, 2.05) is 66.0 Å². The minimum atomic E-state index is 0.0101. The second kappa shape index (κ2) is 6.81. The molecule has 6 nitrogen and oxygen atoms in total. The van der Waals surface area contributed by atoms with Gasteiger partial charge in [-0.25, -0.2) is 4.52 Å². The van der Waals surface area contributed by atoms with Crippen LogP contribution in [0.2, 0.25) is 0 Å². The van der Waals surface area contributed by atoms with Crippen molar-refractivity contribution in [2.24, 2.45) is 0 Å². The third kappa shape index (κ3) is 2.88. The Morgan fingerprint density at radius 3 is 2.48 bits per heavy atom. The molecule has 1 aliphatic rings. The van der Waals surface area contributed by atoms with E-state index >= 15 is 0 Å². The minimum absolute atomic E-state index is 0.0101. The van der Waals surface area contributed by atoms with Crippen molar-refractivity contribution in [2.45, 2.75) is 25.7 Å². The molecule has 0 radical (unpaired) electrons. The molecule has 0 saturated heterocycles. The van der Waals surface area contributed by atoms with Gasteiger partial charge in [0.1, 0.15) is 5.75 Å². The van der Waals surface area contributed by atoms with E-state index in [1.54, 1.807) is 7.11 Å². The van der Waals surface area contributed by atoms with E-state index in [0.717, 1.165) is 33.8 Å². The first-order chi connectivity index (χ1) is 14.2. The van der Waals surface area contributed by atoms with E-state index in [-0.39, 0.29) is 11.7 Å². The number of carbonyl (C=O) groups is 1. The summed E-state index contributed by atoms with van der Waals surface area (Å²) in [6, 6.07) is 18.0. The topological polar surface area (TPSA) is 69.4 Å². The number of rotatable bonds is 3. The Balaban J connectivity index is 1.62. The summed E-state index contributed by atoms with van der Waals surface area (Å²) in [4.78, 5) is 12.8. The van der Waals surface area contributed by atoms with Gasteiger partial charge in [0.15, 0.2) is 17.1 Å². The van der Waals surface area contributed by atoms with Gasteiger partial charge < -0.3 is 4.74 Å². The maximum Gasteiger partial charge on any atom is 0.185 e. The average molecular weight is 384 g/mol. The van der Waals surface area contributed by atoms with Crippen LogP contribution < -0.4 is 4.74 Å². The number of ketones is 1. The number of fused-ring (bicyclic) bond motifs is 3. The van der Waals surface area contributed by atoms with E-state index in [2.05, 4.69) is 10.2 Å². The molecule has 0 fully saturated rings. The number of aromatic nitrogens is 4. The summed E-state index contributed by atoms with van der Waals surface area (Å²) in [5, 5.41) is 13.4.